The molecule has 16 heavy (non-hydrogen) atoms. The quantitative estimate of drug-likeness (QED) is 0.746. The van der Waals surface area contributed by atoms with Gasteiger partial charge in [-0.2, -0.15) is 8.78 Å². The second kappa shape index (κ2) is 5.70. The molecule has 2 atom stereocenters. The Kier molecular flexibility index (Phi) is 4.83. The van der Waals surface area contributed by atoms with E-state index < -0.39 is 18.4 Å². The Morgan fingerprint density at radius 1 is 1.50 bits per heavy atom. The van der Waals surface area contributed by atoms with Crippen LogP contribution in [0.3, 0.4) is 0 Å². The van der Waals surface area contributed by atoms with Crippen LogP contribution in [0.1, 0.15) is 19.8 Å². The van der Waals surface area contributed by atoms with Gasteiger partial charge in [0.25, 0.3) is 5.91 Å². The summed E-state index contributed by atoms with van der Waals surface area (Å²) < 4.78 is 24.7. The van der Waals surface area contributed by atoms with Gasteiger partial charge in [0.15, 0.2) is 5.78 Å². The zero-order valence-electron chi connectivity index (χ0n) is 8.96. The van der Waals surface area contributed by atoms with Crippen molar-refractivity contribution < 1.29 is 18.4 Å². The molecule has 1 aliphatic heterocycles. The largest absolute Gasteiger partial charge is 0.328 e. The number of likely N-dealkylation sites (tertiary alicyclic amines) is 1. The summed E-state index contributed by atoms with van der Waals surface area (Å²) in [6.45, 7) is 2.20. The molecule has 1 amide bonds. The van der Waals surface area contributed by atoms with Crippen molar-refractivity contribution in [2.75, 3.05) is 11.9 Å². The first kappa shape index (κ1) is 13.5. The fraction of sp³-hybridized carbons (Fsp3) is 0.800. The highest BCUT2D eigenvalue weighted by atomic mass is 79.9. The van der Waals surface area contributed by atoms with Crippen molar-refractivity contribution in [3.8, 4) is 0 Å². The molecule has 0 N–H and O–H groups in total. The molecule has 1 fully saturated rings. The Hall–Kier alpha value is -0.520. The molecule has 1 aliphatic rings. The Bertz CT molecular complexity index is 286. The SMILES string of the molecule is CC1CCN(C(=O)C(F)F)C(C(=O)CBr)C1. The number of Topliss-reactive ketones (excluding diaryl/α,β-unsaturated/α-hetero) is 1. The predicted molar refractivity (Wildman–Crippen MR) is 58.7 cm³/mol. The number of amides is 1. The Labute approximate surface area is 101 Å². The Morgan fingerprint density at radius 2 is 2.12 bits per heavy atom. The predicted octanol–water partition coefficient (Wildman–Crippen LogP) is 1.84. The molecule has 0 radical (unpaired) electrons. The number of piperidine rings is 1. The lowest BCUT2D eigenvalue weighted by Crippen LogP contribution is -2.52. The van der Waals surface area contributed by atoms with E-state index >= 15 is 0 Å². The van der Waals surface area contributed by atoms with Crippen LogP contribution in [0.15, 0.2) is 0 Å². The minimum atomic E-state index is -3.03. The molecule has 1 heterocycles. The highest BCUT2D eigenvalue weighted by Crippen LogP contribution is 2.24. The summed E-state index contributed by atoms with van der Waals surface area (Å²) in [6, 6.07) is -0.690. The monoisotopic (exact) mass is 297 g/mol. The van der Waals surface area contributed by atoms with Gasteiger partial charge in [-0.25, -0.2) is 0 Å². The standard InChI is InChI=1S/C10H14BrF2NO2/c1-6-2-3-14(10(16)9(12)13)7(4-6)8(15)5-11/h6-7,9H,2-5H2,1H3. The first-order valence-electron chi connectivity index (χ1n) is 5.14. The van der Waals surface area contributed by atoms with Gasteiger partial charge in [0.05, 0.1) is 11.4 Å². The van der Waals surface area contributed by atoms with Crippen molar-refractivity contribution in [1.29, 1.82) is 0 Å². The molecule has 0 aromatic rings. The average Bonchev–Trinajstić information content (AvgIpc) is 2.26. The van der Waals surface area contributed by atoms with E-state index in [2.05, 4.69) is 15.9 Å². The summed E-state index contributed by atoms with van der Waals surface area (Å²) in [4.78, 5) is 23.8. The number of nitrogens with zero attached hydrogens (tertiary/aromatic N) is 1. The summed E-state index contributed by atoms with van der Waals surface area (Å²) in [6.07, 6.45) is -1.88. The van der Waals surface area contributed by atoms with Crippen LogP contribution in [0, 0.1) is 5.92 Å². The van der Waals surface area contributed by atoms with Crippen molar-refractivity contribution in [3.05, 3.63) is 0 Å². The highest BCUT2D eigenvalue weighted by molar-refractivity contribution is 9.09. The molecule has 1 rings (SSSR count). The highest BCUT2D eigenvalue weighted by Gasteiger charge is 2.36. The second-order valence-corrected chi connectivity index (χ2v) is 4.64. The van der Waals surface area contributed by atoms with Crippen LogP contribution in [0.25, 0.3) is 0 Å². The minimum Gasteiger partial charge on any atom is -0.328 e. The molecular weight excluding hydrogens is 284 g/mol. The molecule has 3 nitrogen and oxygen atoms in total. The topological polar surface area (TPSA) is 37.4 Å². The van der Waals surface area contributed by atoms with Crippen LogP contribution in [-0.4, -0.2) is 40.9 Å². The molecule has 92 valence electrons. The third-order valence-electron chi connectivity index (χ3n) is 2.84. The lowest BCUT2D eigenvalue weighted by atomic mass is 9.90. The van der Waals surface area contributed by atoms with Gasteiger partial charge >= 0.3 is 6.43 Å². The first-order valence-corrected chi connectivity index (χ1v) is 6.26. The van der Waals surface area contributed by atoms with Gasteiger partial charge in [0.1, 0.15) is 0 Å². The van der Waals surface area contributed by atoms with Crippen LogP contribution in [0.5, 0.6) is 0 Å². The molecular formula is C10H14BrF2NO2. The van der Waals surface area contributed by atoms with Gasteiger partial charge < -0.3 is 4.90 Å². The van der Waals surface area contributed by atoms with Crippen LogP contribution in [-0.2, 0) is 9.59 Å². The number of hydrogen-bond acceptors (Lipinski definition) is 2. The molecule has 0 saturated carbocycles. The molecule has 6 heteroatoms. The average molecular weight is 298 g/mol. The smallest absolute Gasteiger partial charge is 0.315 e. The van der Waals surface area contributed by atoms with E-state index in [0.29, 0.717) is 12.8 Å². The van der Waals surface area contributed by atoms with Gasteiger partial charge in [0.2, 0.25) is 0 Å². The minimum absolute atomic E-state index is 0.0946. The Balaban J connectivity index is 2.80. The van der Waals surface area contributed by atoms with E-state index in [1.165, 1.54) is 0 Å². The number of halogens is 3. The lowest BCUT2D eigenvalue weighted by molar-refractivity contribution is -0.150. The van der Waals surface area contributed by atoms with Crippen LogP contribution in [0.4, 0.5) is 8.78 Å². The number of carbonyl (C=O) groups excluding carboxylic acids is 2. The molecule has 0 aliphatic carbocycles. The van der Waals surface area contributed by atoms with E-state index in [4.69, 9.17) is 0 Å². The van der Waals surface area contributed by atoms with Crippen LogP contribution < -0.4 is 0 Å². The fourth-order valence-electron chi connectivity index (χ4n) is 1.92. The Morgan fingerprint density at radius 3 is 2.62 bits per heavy atom. The summed E-state index contributed by atoms with van der Waals surface area (Å²) in [7, 11) is 0. The van der Waals surface area contributed by atoms with Crippen molar-refractivity contribution in [1.82, 2.24) is 4.90 Å². The van der Waals surface area contributed by atoms with Crippen molar-refractivity contribution in [2.24, 2.45) is 5.92 Å². The summed E-state index contributed by atoms with van der Waals surface area (Å²) in [5.41, 5.74) is 0. The van der Waals surface area contributed by atoms with Gasteiger partial charge in [-0.15, -0.1) is 0 Å². The van der Waals surface area contributed by atoms with Crippen molar-refractivity contribution >= 4 is 27.6 Å². The maximum absolute atomic E-state index is 12.3. The van der Waals surface area contributed by atoms with E-state index in [1.807, 2.05) is 6.92 Å². The third-order valence-corrected chi connectivity index (χ3v) is 3.39. The molecule has 0 aromatic heterocycles. The number of hydrogen-bond donors (Lipinski definition) is 0. The fourth-order valence-corrected chi connectivity index (χ4v) is 2.30. The van der Waals surface area contributed by atoms with Crippen molar-refractivity contribution in [3.63, 3.8) is 0 Å². The molecule has 0 bridgehead atoms. The van der Waals surface area contributed by atoms with Gasteiger partial charge in [-0.1, -0.05) is 22.9 Å². The summed E-state index contributed by atoms with van der Waals surface area (Å²) >= 11 is 3.01. The zero-order chi connectivity index (χ0) is 12.3. The van der Waals surface area contributed by atoms with E-state index in [0.717, 1.165) is 4.90 Å². The maximum Gasteiger partial charge on any atom is 0.315 e. The maximum atomic E-state index is 12.3. The second-order valence-electron chi connectivity index (χ2n) is 4.08. The number of carbonyl (C=O) groups is 2. The zero-order valence-corrected chi connectivity index (χ0v) is 10.5. The number of ketones is 1. The van der Waals surface area contributed by atoms with Crippen molar-refractivity contribution in [2.45, 2.75) is 32.2 Å². The molecule has 0 aromatic carbocycles. The van der Waals surface area contributed by atoms with Gasteiger partial charge in [0, 0.05) is 6.54 Å². The van der Waals surface area contributed by atoms with E-state index in [9.17, 15) is 18.4 Å². The summed E-state index contributed by atoms with van der Waals surface area (Å²) in [5, 5.41) is 0.0946. The van der Waals surface area contributed by atoms with E-state index in [-0.39, 0.29) is 23.6 Å². The third kappa shape index (κ3) is 2.99. The van der Waals surface area contributed by atoms with E-state index in [1.54, 1.807) is 0 Å². The van der Waals surface area contributed by atoms with Crippen LogP contribution in [0.2, 0.25) is 0 Å². The van der Waals surface area contributed by atoms with Gasteiger partial charge in [-0.05, 0) is 18.8 Å². The van der Waals surface area contributed by atoms with Crippen LogP contribution >= 0.6 is 15.9 Å². The number of alkyl halides is 3. The summed E-state index contributed by atoms with van der Waals surface area (Å²) in [5.74, 6) is -1.15. The first-order chi connectivity index (χ1) is 7.47. The number of rotatable bonds is 3. The van der Waals surface area contributed by atoms with Gasteiger partial charge in [-0.3, -0.25) is 9.59 Å². The molecule has 0 spiro atoms. The molecule has 2 unspecified atom stereocenters. The lowest BCUT2D eigenvalue weighted by Gasteiger charge is -2.37. The molecule has 1 saturated heterocycles. The normalized spacial score (nSPS) is 25.9.